The maximum atomic E-state index is 12.0. The topological polar surface area (TPSA) is 87.7 Å². The smallest absolute Gasteiger partial charge is 0.310 e. The van der Waals surface area contributed by atoms with Crippen LogP contribution in [0.15, 0.2) is 42.7 Å². The van der Waals surface area contributed by atoms with Crippen LogP contribution in [0.1, 0.15) is 24.7 Å². The van der Waals surface area contributed by atoms with Gasteiger partial charge in [0.15, 0.2) is 12.4 Å². The van der Waals surface area contributed by atoms with Gasteiger partial charge in [-0.15, -0.1) is 5.10 Å². The minimum atomic E-state index is -0.339. The molecule has 0 aliphatic rings. The van der Waals surface area contributed by atoms with Crippen LogP contribution in [0.4, 0.5) is 0 Å². The van der Waals surface area contributed by atoms with Crippen LogP contribution in [0.5, 0.6) is 0 Å². The summed E-state index contributed by atoms with van der Waals surface area (Å²) in [7, 11) is 0. The van der Waals surface area contributed by atoms with Crippen molar-refractivity contribution < 1.29 is 9.53 Å². The zero-order valence-electron chi connectivity index (χ0n) is 13.4. The number of benzene rings is 1. The van der Waals surface area contributed by atoms with Crippen LogP contribution in [0.25, 0.3) is 5.69 Å². The van der Waals surface area contributed by atoms with Gasteiger partial charge in [-0.1, -0.05) is 25.1 Å². The molecule has 0 unspecified atom stereocenters. The van der Waals surface area contributed by atoms with Crippen LogP contribution in [-0.4, -0.2) is 36.0 Å². The summed E-state index contributed by atoms with van der Waals surface area (Å²) in [6.45, 7) is 2.80. The Labute approximate surface area is 139 Å². The number of carbonyl (C=O) groups is 1. The molecule has 3 rings (SSSR count). The molecule has 0 bridgehead atoms. The Morgan fingerprint density at radius 3 is 2.88 bits per heavy atom. The van der Waals surface area contributed by atoms with E-state index in [0.717, 1.165) is 17.7 Å². The van der Waals surface area contributed by atoms with Gasteiger partial charge in [-0.3, -0.25) is 4.79 Å². The summed E-state index contributed by atoms with van der Waals surface area (Å²) < 4.78 is 8.62. The van der Waals surface area contributed by atoms with E-state index in [0.29, 0.717) is 12.4 Å². The number of hydrogen-bond acceptors (Lipinski definition) is 6. The van der Waals surface area contributed by atoms with Gasteiger partial charge in [0.2, 0.25) is 0 Å². The Bertz CT molecular complexity index is 796. The van der Waals surface area contributed by atoms with E-state index < -0.39 is 0 Å². The largest absolute Gasteiger partial charge is 0.457 e. The van der Waals surface area contributed by atoms with E-state index >= 15 is 0 Å². The predicted molar refractivity (Wildman–Crippen MR) is 85.2 cm³/mol. The molecular formula is C16H18N6O2. The average Bonchev–Trinajstić information content (AvgIpc) is 3.24. The fourth-order valence-electron chi connectivity index (χ4n) is 2.25. The van der Waals surface area contributed by atoms with Gasteiger partial charge >= 0.3 is 5.97 Å². The molecule has 8 heteroatoms. The molecule has 0 radical (unpaired) electrons. The monoisotopic (exact) mass is 326 g/mol. The number of para-hydroxylation sites is 1. The number of carbonyl (C=O) groups excluding carboxylic acids is 1. The Morgan fingerprint density at radius 2 is 2.08 bits per heavy atom. The molecule has 24 heavy (non-hydrogen) atoms. The molecule has 1 aromatic carbocycles. The summed E-state index contributed by atoms with van der Waals surface area (Å²) in [4.78, 5) is 12.0. The lowest BCUT2D eigenvalue weighted by atomic mass is 10.2. The molecule has 0 N–H and O–H groups in total. The van der Waals surface area contributed by atoms with Gasteiger partial charge < -0.3 is 4.74 Å². The number of aryl methyl sites for hydroxylation is 1. The molecule has 0 atom stereocenters. The molecule has 2 aromatic heterocycles. The van der Waals surface area contributed by atoms with Crippen LogP contribution in [-0.2, 0) is 29.1 Å². The number of aromatic nitrogens is 6. The van der Waals surface area contributed by atoms with Crippen LogP contribution in [0.2, 0.25) is 0 Å². The molecule has 0 saturated carbocycles. The lowest BCUT2D eigenvalue weighted by Gasteiger charge is -2.04. The third kappa shape index (κ3) is 3.83. The highest BCUT2D eigenvalue weighted by molar-refractivity contribution is 5.72. The van der Waals surface area contributed by atoms with Crippen molar-refractivity contribution in [3.63, 3.8) is 0 Å². The van der Waals surface area contributed by atoms with Crippen LogP contribution >= 0.6 is 0 Å². The molecule has 2 heterocycles. The average molecular weight is 326 g/mol. The molecule has 124 valence electrons. The summed E-state index contributed by atoms with van der Waals surface area (Å²) in [5.41, 5.74) is 1.73. The molecule has 0 fully saturated rings. The molecule has 0 aliphatic heterocycles. The van der Waals surface area contributed by atoms with Gasteiger partial charge in [-0.05, 0) is 29.0 Å². The van der Waals surface area contributed by atoms with Crippen LogP contribution in [0, 0.1) is 0 Å². The standard InChI is InChI=1S/C16H18N6O2/c1-2-8-21-15(18-19-20-21)12-24-16(23)9-13-10-17-22(11-13)14-6-4-3-5-7-14/h3-7,10-11H,2,8-9,12H2,1H3. The normalized spacial score (nSPS) is 10.7. The zero-order chi connectivity index (χ0) is 16.8. The van der Waals surface area contributed by atoms with Crippen molar-refractivity contribution in [1.82, 2.24) is 30.0 Å². The Morgan fingerprint density at radius 1 is 1.25 bits per heavy atom. The minimum absolute atomic E-state index is 0.0681. The fraction of sp³-hybridized carbons (Fsp3) is 0.312. The molecule has 0 aliphatic carbocycles. The van der Waals surface area contributed by atoms with Gasteiger partial charge in [-0.25, -0.2) is 9.36 Å². The van der Waals surface area contributed by atoms with Crippen LogP contribution < -0.4 is 0 Å². The fourth-order valence-corrected chi connectivity index (χ4v) is 2.25. The van der Waals surface area contributed by atoms with E-state index in [-0.39, 0.29) is 19.0 Å². The lowest BCUT2D eigenvalue weighted by molar-refractivity contribution is -0.144. The Balaban J connectivity index is 1.56. The zero-order valence-corrected chi connectivity index (χ0v) is 13.4. The van der Waals surface area contributed by atoms with Gasteiger partial charge in [0.1, 0.15) is 0 Å². The minimum Gasteiger partial charge on any atom is -0.457 e. The van der Waals surface area contributed by atoms with Gasteiger partial charge in [0.05, 0.1) is 18.3 Å². The molecular weight excluding hydrogens is 308 g/mol. The second kappa shape index (κ2) is 7.49. The van der Waals surface area contributed by atoms with Crippen LogP contribution in [0.3, 0.4) is 0 Å². The second-order valence-electron chi connectivity index (χ2n) is 5.28. The Kier molecular flexibility index (Phi) is 4.95. The molecule has 8 nitrogen and oxygen atoms in total. The molecule has 3 aromatic rings. The summed E-state index contributed by atoms with van der Waals surface area (Å²) in [6, 6.07) is 9.71. The SMILES string of the molecule is CCCn1nnnc1COC(=O)Cc1cnn(-c2ccccc2)c1. The Hall–Kier alpha value is -3.03. The van der Waals surface area contributed by atoms with E-state index in [2.05, 4.69) is 20.6 Å². The molecule has 0 amide bonds. The maximum Gasteiger partial charge on any atom is 0.310 e. The molecule has 0 saturated heterocycles. The molecule has 0 spiro atoms. The van der Waals surface area contributed by atoms with Gasteiger partial charge in [0, 0.05) is 18.3 Å². The third-order valence-electron chi connectivity index (χ3n) is 3.41. The number of esters is 1. The van der Waals surface area contributed by atoms with E-state index in [1.54, 1.807) is 15.6 Å². The van der Waals surface area contributed by atoms with Gasteiger partial charge in [0.25, 0.3) is 0 Å². The van der Waals surface area contributed by atoms with Crippen molar-refractivity contribution in [2.45, 2.75) is 32.9 Å². The van der Waals surface area contributed by atoms with Crippen molar-refractivity contribution in [2.24, 2.45) is 0 Å². The van der Waals surface area contributed by atoms with E-state index in [9.17, 15) is 4.79 Å². The first kappa shape index (κ1) is 15.9. The van der Waals surface area contributed by atoms with E-state index in [1.807, 2.05) is 43.5 Å². The van der Waals surface area contributed by atoms with E-state index in [4.69, 9.17) is 4.74 Å². The third-order valence-corrected chi connectivity index (χ3v) is 3.41. The van der Waals surface area contributed by atoms with E-state index in [1.165, 1.54) is 0 Å². The highest BCUT2D eigenvalue weighted by Crippen LogP contribution is 2.09. The number of rotatable bonds is 7. The summed E-state index contributed by atoms with van der Waals surface area (Å²) >= 11 is 0. The van der Waals surface area contributed by atoms with Crippen molar-refractivity contribution in [3.8, 4) is 5.69 Å². The highest BCUT2D eigenvalue weighted by atomic mass is 16.5. The number of nitrogens with zero attached hydrogens (tertiary/aromatic N) is 6. The first-order valence-electron chi connectivity index (χ1n) is 7.76. The van der Waals surface area contributed by atoms with Crippen molar-refractivity contribution >= 4 is 5.97 Å². The number of ether oxygens (including phenoxy) is 1. The highest BCUT2D eigenvalue weighted by Gasteiger charge is 2.11. The maximum absolute atomic E-state index is 12.0. The summed E-state index contributed by atoms with van der Waals surface area (Å²) in [5.74, 6) is 0.207. The number of hydrogen-bond donors (Lipinski definition) is 0. The first-order chi connectivity index (χ1) is 11.8. The van der Waals surface area contributed by atoms with Crippen molar-refractivity contribution in [2.75, 3.05) is 0 Å². The quantitative estimate of drug-likeness (QED) is 0.612. The van der Waals surface area contributed by atoms with Crippen molar-refractivity contribution in [1.29, 1.82) is 0 Å². The summed E-state index contributed by atoms with van der Waals surface area (Å²) in [5, 5.41) is 15.6. The second-order valence-corrected chi connectivity index (χ2v) is 5.28. The first-order valence-corrected chi connectivity index (χ1v) is 7.76. The lowest BCUT2D eigenvalue weighted by Crippen LogP contribution is -2.12. The number of tetrazole rings is 1. The van der Waals surface area contributed by atoms with Crippen molar-refractivity contribution in [3.05, 3.63) is 54.1 Å². The predicted octanol–water partition coefficient (Wildman–Crippen LogP) is 1.55. The van der Waals surface area contributed by atoms with Gasteiger partial charge in [-0.2, -0.15) is 5.10 Å². The summed E-state index contributed by atoms with van der Waals surface area (Å²) in [6.07, 6.45) is 4.54.